The lowest BCUT2D eigenvalue weighted by atomic mass is 9.99. The summed E-state index contributed by atoms with van der Waals surface area (Å²) in [6.45, 7) is 3.46. The van der Waals surface area contributed by atoms with Crippen LogP contribution in [0.3, 0.4) is 0 Å². The van der Waals surface area contributed by atoms with Gasteiger partial charge in [0.1, 0.15) is 0 Å². The van der Waals surface area contributed by atoms with Gasteiger partial charge in [-0.3, -0.25) is 10.1 Å². The van der Waals surface area contributed by atoms with E-state index < -0.39 is 0 Å². The molecule has 1 rings (SSSR count). The van der Waals surface area contributed by atoms with E-state index in [9.17, 15) is 10.1 Å². The molecule has 0 aromatic heterocycles. The van der Waals surface area contributed by atoms with Gasteiger partial charge in [0.05, 0.1) is 5.92 Å². The monoisotopic (exact) mass is 203 g/mol. The zero-order valence-corrected chi connectivity index (χ0v) is 8.37. The Labute approximate surface area is 88.9 Å². The van der Waals surface area contributed by atoms with Crippen molar-refractivity contribution in [1.29, 1.82) is 0 Å². The zero-order valence-electron chi connectivity index (χ0n) is 8.37. The Morgan fingerprint density at radius 2 is 2.07 bits per heavy atom. The SMILES string of the molecule is C=C/C=C/C(C[N+](=O)[O-])c1ccccc1. The van der Waals surface area contributed by atoms with Crippen LogP contribution >= 0.6 is 0 Å². The minimum atomic E-state index is -0.301. The van der Waals surface area contributed by atoms with Crippen molar-refractivity contribution in [3.8, 4) is 0 Å². The molecule has 0 N–H and O–H groups in total. The molecule has 0 amide bonds. The van der Waals surface area contributed by atoms with E-state index in [1.807, 2.05) is 30.3 Å². The van der Waals surface area contributed by atoms with Crippen molar-refractivity contribution in [2.24, 2.45) is 0 Å². The molecule has 3 heteroatoms. The molecule has 0 saturated heterocycles. The minimum absolute atomic E-state index is 0.0889. The van der Waals surface area contributed by atoms with E-state index in [1.54, 1.807) is 18.2 Å². The number of nitrogens with zero attached hydrogens (tertiary/aromatic N) is 1. The van der Waals surface area contributed by atoms with Crippen molar-refractivity contribution in [2.45, 2.75) is 5.92 Å². The van der Waals surface area contributed by atoms with Crippen molar-refractivity contribution in [2.75, 3.05) is 6.54 Å². The molecular weight excluding hydrogens is 190 g/mol. The molecule has 1 aromatic rings. The fourth-order valence-electron chi connectivity index (χ4n) is 1.35. The van der Waals surface area contributed by atoms with E-state index in [4.69, 9.17) is 0 Å². The number of hydrogen-bond donors (Lipinski definition) is 0. The predicted octanol–water partition coefficient (Wildman–Crippen LogP) is 2.79. The van der Waals surface area contributed by atoms with Crippen molar-refractivity contribution in [3.63, 3.8) is 0 Å². The summed E-state index contributed by atoms with van der Waals surface area (Å²) >= 11 is 0. The van der Waals surface area contributed by atoms with Crippen molar-refractivity contribution in [3.05, 3.63) is 70.8 Å². The average Bonchev–Trinajstić information content (AvgIpc) is 2.25. The summed E-state index contributed by atoms with van der Waals surface area (Å²) < 4.78 is 0. The number of benzene rings is 1. The first-order valence-corrected chi connectivity index (χ1v) is 4.70. The van der Waals surface area contributed by atoms with Crippen molar-refractivity contribution < 1.29 is 4.92 Å². The van der Waals surface area contributed by atoms with Crippen LogP contribution < -0.4 is 0 Å². The van der Waals surface area contributed by atoms with Gasteiger partial charge in [-0.05, 0) is 5.56 Å². The number of nitro groups is 1. The van der Waals surface area contributed by atoms with Gasteiger partial charge in [-0.1, -0.05) is 55.1 Å². The highest BCUT2D eigenvalue weighted by molar-refractivity contribution is 5.24. The first kappa shape index (κ1) is 11.2. The first-order chi connectivity index (χ1) is 7.24. The summed E-state index contributed by atoms with van der Waals surface area (Å²) in [7, 11) is 0. The number of hydrogen-bond acceptors (Lipinski definition) is 2. The van der Waals surface area contributed by atoms with Gasteiger partial charge < -0.3 is 0 Å². The summed E-state index contributed by atoms with van der Waals surface area (Å²) in [5.74, 6) is -0.181. The highest BCUT2D eigenvalue weighted by Gasteiger charge is 2.13. The Balaban J connectivity index is 2.85. The molecular formula is C12H13NO2. The van der Waals surface area contributed by atoms with Gasteiger partial charge in [0.25, 0.3) is 0 Å². The maximum Gasteiger partial charge on any atom is 0.214 e. The fraction of sp³-hybridized carbons (Fsp3) is 0.167. The third-order valence-corrected chi connectivity index (χ3v) is 2.05. The molecule has 0 spiro atoms. The quantitative estimate of drug-likeness (QED) is 0.419. The molecule has 0 fully saturated rings. The maximum absolute atomic E-state index is 10.5. The van der Waals surface area contributed by atoms with E-state index in [2.05, 4.69) is 6.58 Å². The van der Waals surface area contributed by atoms with Crippen LogP contribution in [0.4, 0.5) is 0 Å². The van der Waals surface area contributed by atoms with E-state index in [0.717, 1.165) is 5.56 Å². The first-order valence-electron chi connectivity index (χ1n) is 4.70. The van der Waals surface area contributed by atoms with Crippen LogP contribution in [0.1, 0.15) is 11.5 Å². The van der Waals surface area contributed by atoms with Gasteiger partial charge in [0, 0.05) is 4.92 Å². The molecule has 0 aliphatic rings. The van der Waals surface area contributed by atoms with E-state index in [-0.39, 0.29) is 17.4 Å². The van der Waals surface area contributed by atoms with Crippen LogP contribution in [0.2, 0.25) is 0 Å². The lowest BCUT2D eigenvalue weighted by Gasteiger charge is -2.07. The molecule has 0 aliphatic heterocycles. The van der Waals surface area contributed by atoms with E-state index in [1.165, 1.54) is 0 Å². The molecule has 1 atom stereocenters. The summed E-state index contributed by atoms with van der Waals surface area (Å²) in [6, 6.07) is 9.43. The number of rotatable bonds is 5. The van der Waals surface area contributed by atoms with Crippen LogP contribution in [0.25, 0.3) is 0 Å². The van der Waals surface area contributed by atoms with Crippen molar-refractivity contribution in [1.82, 2.24) is 0 Å². The predicted molar refractivity (Wildman–Crippen MR) is 60.4 cm³/mol. The highest BCUT2D eigenvalue weighted by Crippen LogP contribution is 2.17. The Bertz CT molecular complexity index is 357. The maximum atomic E-state index is 10.5. The highest BCUT2D eigenvalue weighted by atomic mass is 16.6. The van der Waals surface area contributed by atoms with Gasteiger partial charge in [0.15, 0.2) is 0 Å². The van der Waals surface area contributed by atoms with E-state index >= 15 is 0 Å². The summed E-state index contributed by atoms with van der Waals surface area (Å²) in [5, 5.41) is 10.5. The topological polar surface area (TPSA) is 43.1 Å². The second-order valence-corrected chi connectivity index (χ2v) is 3.15. The van der Waals surface area contributed by atoms with Crippen molar-refractivity contribution >= 4 is 0 Å². The van der Waals surface area contributed by atoms with Crippen LogP contribution in [0.15, 0.2) is 55.1 Å². The lowest BCUT2D eigenvalue weighted by molar-refractivity contribution is -0.481. The summed E-state index contributed by atoms with van der Waals surface area (Å²) in [6.07, 6.45) is 5.15. The third kappa shape index (κ3) is 3.77. The standard InChI is InChI=1S/C12H13NO2/c1-2-3-7-12(10-13(14)15)11-8-5-4-6-9-11/h2-9,12H,1,10H2/b7-3+. The molecule has 0 bridgehead atoms. The Morgan fingerprint density at radius 1 is 1.40 bits per heavy atom. The molecule has 0 aliphatic carbocycles. The summed E-state index contributed by atoms with van der Waals surface area (Å²) in [4.78, 5) is 10.2. The third-order valence-electron chi connectivity index (χ3n) is 2.05. The second kappa shape index (κ2) is 5.75. The van der Waals surface area contributed by atoms with Crippen LogP contribution in [-0.2, 0) is 0 Å². The molecule has 78 valence electrons. The fourth-order valence-corrected chi connectivity index (χ4v) is 1.35. The lowest BCUT2D eigenvalue weighted by Crippen LogP contribution is -2.10. The molecule has 1 unspecified atom stereocenters. The summed E-state index contributed by atoms with van der Waals surface area (Å²) in [5.41, 5.74) is 0.951. The van der Waals surface area contributed by atoms with E-state index in [0.29, 0.717) is 0 Å². The average molecular weight is 203 g/mol. The zero-order chi connectivity index (χ0) is 11.1. The molecule has 0 heterocycles. The molecule has 3 nitrogen and oxygen atoms in total. The van der Waals surface area contributed by atoms with Gasteiger partial charge in [0.2, 0.25) is 6.54 Å². The normalized spacial score (nSPS) is 12.5. The minimum Gasteiger partial charge on any atom is -0.265 e. The van der Waals surface area contributed by atoms with Gasteiger partial charge >= 0.3 is 0 Å². The van der Waals surface area contributed by atoms with Gasteiger partial charge in [-0.25, -0.2) is 0 Å². The molecule has 1 aromatic carbocycles. The largest absolute Gasteiger partial charge is 0.265 e. The van der Waals surface area contributed by atoms with Crippen LogP contribution in [-0.4, -0.2) is 11.5 Å². The van der Waals surface area contributed by atoms with Crippen LogP contribution in [0, 0.1) is 10.1 Å². The van der Waals surface area contributed by atoms with Crippen LogP contribution in [0.5, 0.6) is 0 Å². The Kier molecular flexibility index (Phi) is 4.29. The smallest absolute Gasteiger partial charge is 0.214 e. The Hall–Kier alpha value is -1.90. The molecule has 0 saturated carbocycles. The molecule has 0 radical (unpaired) electrons. The molecule has 15 heavy (non-hydrogen) atoms. The Morgan fingerprint density at radius 3 is 2.60 bits per heavy atom. The second-order valence-electron chi connectivity index (χ2n) is 3.15. The number of allylic oxidation sites excluding steroid dienone is 2. The van der Waals surface area contributed by atoms with Gasteiger partial charge in [-0.2, -0.15) is 0 Å². The van der Waals surface area contributed by atoms with Gasteiger partial charge in [-0.15, -0.1) is 0 Å².